The molecule has 1 N–H and O–H groups in total. The van der Waals surface area contributed by atoms with Crippen molar-refractivity contribution in [1.82, 2.24) is 9.97 Å². The summed E-state index contributed by atoms with van der Waals surface area (Å²) >= 11 is 0. The fourth-order valence-corrected chi connectivity index (χ4v) is 1.23. The third-order valence-electron chi connectivity index (χ3n) is 1.95. The lowest BCUT2D eigenvalue weighted by Crippen LogP contribution is -1.94. The molecule has 4 nitrogen and oxygen atoms in total. The van der Waals surface area contributed by atoms with E-state index in [0.717, 1.165) is 11.3 Å². The fourth-order valence-electron chi connectivity index (χ4n) is 1.23. The minimum atomic E-state index is 0.626. The zero-order valence-electron chi connectivity index (χ0n) is 7.92. The smallest absolute Gasteiger partial charge is 0.211 e. The van der Waals surface area contributed by atoms with Crippen molar-refractivity contribution in [2.75, 3.05) is 5.32 Å². The van der Waals surface area contributed by atoms with Gasteiger partial charge in [-0.1, -0.05) is 0 Å². The van der Waals surface area contributed by atoms with Crippen LogP contribution < -0.4 is 5.32 Å². The van der Waals surface area contributed by atoms with Gasteiger partial charge < -0.3 is 5.32 Å². The second kappa shape index (κ2) is 4.32. The SMILES string of the molecule is O=CNc1ccc(-c2cccnc2)nc1. The Kier molecular flexibility index (Phi) is 2.69. The number of carbonyl (C=O) groups excluding carboxylic acids is 1. The quantitative estimate of drug-likeness (QED) is 0.765. The highest BCUT2D eigenvalue weighted by molar-refractivity contribution is 5.71. The van der Waals surface area contributed by atoms with E-state index in [1.807, 2.05) is 18.2 Å². The molecular formula is C11H9N3O. The Balaban J connectivity index is 2.28. The van der Waals surface area contributed by atoms with Crippen molar-refractivity contribution in [3.05, 3.63) is 42.9 Å². The van der Waals surface area contributed by atoms with Crippen molar-refractivity contribution in [3.63, 3.8) is 0 Å². The van der Waals surface area contributed by atoms with E-state index in [-0.39, 0.29) is 0 Å². The molecule has 0 saturated heterocycles. The van der Waals surface area contributed by atoms with Crippen LogP contribution in [0.2, 0.25) is 0 Å². The molecule has 1 amide bonds. The van der Waals surface area contributed by atoms with Gasteiger partial charge in [-0.2, -0.15) is 0 Å². The molecule has 2 rings (SSSR count). The van der Waals surface area contributed by atoms with E-state index < -0.39 is 0 Å². The Hall–Kier alpha value is -2.23. The molecule has 15 heavy (non-hydrogen) atoms. The number of nitrogens with one attached hydrogen (secondary N) is 1. The highest BCUT2D eigenvalue weighted by Crippen LogP contribution is 2.16. The maximum atomic E-state index is 10.2. The second-order valence-corrected chi connectivity index (χ2v) is 2.94. The number of pyridine rings is 2. The largest absolute Gasteiger partial charge is 0.327 e. The lowest BCUT2D eigenvalue weighted by molar-refractivity contribution is -0.105. The molecule has 0 spiro atoms. The number of hydrogen-bond donors (Lipinski definition) is 1. The maximum Gasteiger partial charge on any atom is 0.211 e. The average molecular weight is 199 g/mol. The summed E-state index contributed by atoms with van der Waals surface area (Å²) in [5, 5.41) is 2.53. The van der Waals surface area contributed by atoms with E-state index >= 15 is 0 Å². The van der Waals surface area contributed by atoms with E-state index in [4.69, 9.17) is 0 Å². The van der Waals surface area contributed by atoms with Gasteiger partial charge in [0.2, 0.25) is 6.41 Å². The molecule has 0 atom stereocenters. The third kappa shape index (κ3) is 2.17. The predicted octanol–water partition coefficient (Wildman–Crippen LogP) is 1.71. The standard InChI is InChI=1S/C11H9N3O/c15-8-14-10-3-4-11(13-7-10)9-2-1-5-12-6-9/h1-8H,(H,14,15). The molecule has 0 fully saturated rings. The van der Waals surface area contributed by atoms with Gasteiger partial charge >= 0.3 is 0 Å². The number of carbonyl (C=O) groups is 1. The molecule has 0 aromatic carbocycles. The predicted molar refractivity (Wildman–Crippen MR) is 57.2 cm³/mol. The van der Waals surface area contributed by atoms with Crippen LogP contribution in [0.25, 0.3) is 11.3 Å². The van der Waals surface area contributed by atoms with Crippen LogP contribution in [0.15, 0.2) is 42.9 Å². The molecule has 0 unspecified atom stereocenters. The molecular weight excluding hydrogens is 190 g/mol. The molecule has 0 aliphatic carbocycles. The number of aromatic nitrogens is 2. The van der Waals surface area contributed by atoms with Crippen molar-refractivity contribution in [2.45, 2.75) is 0 Å². The van der Waals surface area contributed by atoms with Gasteiger partial charge in [-0.15, -0.1) is 0 Å². The summed E-state index contributed by atoms with van der Waals surface area (Å²) in [6.07, 6.45) is 5.69. The first-order valence-corrected chi connectivity index (χ1v) is 4.47. The van der Waals surface area contributed by atoms with Gasteiger partial charge in [-0.3, -0.25) is 14.8 Å². The van der Waals surface area contributed by atoms with Crippen LogP contribution >= 0.6 is 0 Å². The van der Waals surface area contributed by atoms with Gasteiger partial charge in [0, 0.05) is 18.0 Å². The van der Waals surface area contributed by atoms with Crippen molar-refractivity contribution in [3.8, 4) is 11.3 Å². The Morgan fingerprint density at radius 2 is 2.13 bits per heavy atom. The average Bonchev–Trinajstić information content (AvgIpc) is 2.32. The fraction of sp³-hybridized carbons (Fsp3) is 0. The number of amides is 1. The van der Waals surface area contributed by atoms with Gasteiger partial charge in [0.15, 0.2) is 0 Å². The normalized spacial score (nSPS) is 9.60. The van der Waals surface area contributed by atoms with Gasteiger partial charge in [-0.05, 0) is 24.3 Å². The Labute approximate surface area is 87.0 Å². The highest BCUT2D eigenvalue weighted by atomic mass is 16.1. The van der Waals surface area contributed by atoms with Crippen LogP contribution in [0.3, 0.4) is 0 Å². The zero-order chi connectivity index (χ0) is 10.5. The van der Waals surface area contributed by atoms with E-state index in [2.05, 4.69) is 15.3 Å². The summed E-state index contributed by atoms with van der Waals surface area (Å²) in [5.41, 5.74) is 2.47. The van der Waals surface area contributed by atoms with E-state index in [1.54, 1.807) is 24.7 Å². The first-order chi connectivity index (χ1) is 7.40. The minimum absolute atomic E-state index is 0.626. The highest BCUT2D eigenvalue weighted by Gasteiger charge is 1.98. The molecule has 0 aliphatic rings. The molecule has 74 valence electrons. The summed E-state index contributed by atoms with van der Waals surface area (Å²) in [4.78, 5) is 18.4. The lowest BCUT2D eigenvalue weighted by atomic mass is 10.2. The Bertz CT molecular complexity index is 439. The molecule has 2 aromatic heterocycles. The minimum Gasteiger partial charge on any atom is -0.327 e. The van der Waals surface area contributed by atoms with Gasteiger partial charge in [-0.25, -0.2) is 0 Å². The number of nitrogens with zero attached hydrogens (tertiary/aromatic N) is 2. The van der Waals surface area contributed by atoms with Crippen LogP contribution in [0, 0.1) is 0 Å². The summed E-state index contributed by atoms with van der Waals surface area (Å²) in [5.74, 6) is 0. The third-order valence-corrected chi connectivity index (χ3v) is 1.95. The number of hydrogen-bond acceptors (Lipinski definition) is 3. The summed E-state index contributed by atoms with van der Waals surface area (Å²) in [6, 6.07) is 7.42. The summed E-state index contributed by atoms with van der Waals surface area (Å²) in [7, 11) is 0. The Morgan fingerprint density at radius 1 is 1.20 bits per heavy atom. The van der Waals surface area contributed by atoms with E-state index in [9.17, 15) is 4.79 Å². The van der Waals surface area contributed by atoms with E-state index in [1.165, 1.54) is 0 Å². The van der Waals surface area contributed by atoms with Crippen LogP contribution in [0.1, 0.15) is 0 Å². The van der Waals surface area contributed by atoms with E-state index in [0.29, 0.717) is 12.1 Å². The molecule has 0 radical (unpaired) electrons. The molecule has 0 saturated carbocycles. The monoisotopic (exact) mass is 199 g/mol. The summed E-state index contributed by atoms with van der Waals surface area (Å²) < 4.78 is 0. The topological polar surface area (TPSA) is 54.9 Å². The van der Waals surface area contributed by atoms with Gasteiger partial charge in [0.25, 0.3) is 0 Å². The first-order valence-electron chi connectivity index (χ1n) is 4.47. The van der Waals surface area contributed by atoms with Crippen LogP contribution in [-0.4, -0.2) is 16.4 Å². The van der Waals surface area contributed by atoms with Crippen LogP contribution in [-0.2, 0) is 4.79 Å². The number of anilines is 1. The van der Waals surface area contributed by atoms with Crippen molar-refractivity contribution >= 4 is 12.1 Å². The van der Waals surface area contributed by atoms with Crippen molar-refractivity contribution < 1.29 is 4.79 Å². The van der Waals surface area contributed by atoms with Gasteiger partial charge in [0.1, 0.15) is 0 Å². The first kappa shape index (κ1) is 9.33. The Morgan fingerprint density at radius 3 is 2.73 bits per heavy atom. The number of rotatable bonds is 3. The van der Waals surface area contributed by atoms with Crippen LogP contribution in [0.5, 0.6) is 0 Å². The molecule has 0 bridgehead atoms. The molecule has 0 aliphatic heterocycles. The molecule has 2 heterocycles. The van der Waals surface area contributed by atoms with Crippen molar-refractivity contribution in [2.24, 2.45) is 0 Å². The van der Waals surface area contributed by atoms with Gasteiger partial charge in [0.05, 0.1) is 17.6 Å². The second-order valence-electron chi connectivity index (χ2n) is 2.94. The van der Waals surface area contributed by atoms with Crippen molar-refractivity contribution in [1.29, 1.82) is 0 Å². The zero-order valence-corrected chi connectivity index (χ0v) is 7.92. The lowest BCUT2D eigenvalue weighted by Gasteiger charge is -2.01. The molecule has 4 heteroatoms. The maximum absolute atomic E-state index is 10.2. The molecule has 2 aromatic rings. The summed E-state index contributed by atoms with van der Waals surface area (Å²) in [6.45, 7) is 0. The van der Waals surface area contributed by atoms with Crippen LogP contribution in [0.4, 0.5) is 5.69 Å².